The van der Waals surface area contributed by atoms with E-state index in [2.05, 4.69) is 4.98 Å². The molecule has 0 unspecified atom stereocenters. The lowest BCUT2D eigenvalue weighted by atomic mass is 10.1. The second-order valence-corrected chi connectivity index (χ2v) is 7.00. The van der Waals surface area contributed by atoms with Gasteiger partial charge in [-0.05, 0) is 42.5 Å². The Morgan fingerprint density at radius 3 is 2.62 bits per heavy atom. The summed E-state index contributed by atoms with van der Waals surface area (Å²) in [6.07, 6.45) is 3.50. The number of carbonyl (C=O) groups is 1. The zero-order valence-corrected chi connectivity index (χ0v) is 15.3. The van der Waals surface area contributed by atoms with Crippen LogP contribution in [0.1, 0.15) is 23.3 Å². The van der Waals surface area contributed by atoms with Gasteiger partial charge in [0.1, 0.15) is 23.2 Å². The van der Waals surface area contributed by atoms with Crippen LogP contribution >= 0.6 is 11.6 Å². The van der Waals surface area contributed by atoms with Crippen molar-refractivity contribution in [2.24, 2.45) is 7.05 Å². The number of amides is 1. The Bertz CT molecular complexity index is 928. The van der Waals surface area contributed by atoms with Crippen molar-refractivity contribution in [3.05, 3.63) is 59.4 Å². The van der Waals surface area contributed by atoms with Crippen molar-refractivity contribution in [3.63, 3.8) is 0 Å². The monoisotopic (exact) mass is 369 g/mol. The standard InChI is InChI=1S/C20H20ClN3O2/c1-23-18(13-14-3-2-10-22-19(14)23)20(25)24-11-8-17(9-12-24)26-16-6-4-15(21)5-7-16/h2-7,10,13,17H,8-9,11-12H2,1H3. The molecule has 1 amide bonds. The number of hydrogen-bond acceptors (Lipinski definition) is 3. The summed E-state index contributed by atoms with van der Waals surface area (Å²) in [5.41, 5.74) is 1.51. The molecular formula is C20H20ClN3O2. The fourth-order valence-corrected chi connectivity index (χ4v) is 3.54. The summed E-state index contributed by atoms with van der Waals surface area (Å²) in [6.45, 7) is 1.37. The summed E-state index contributed by atoms with van der Waals surface area (Å²) in [6, 6.07) is 13.2. The van der Waals surface area contributed by atoms with E-state index in [1.165, 1.54) is 0 Å². The Balaban J connectivity index is 1.41. The quantitative estimate of drug-likeness (QED) is 0.703. The first kappa shape index (κ1) is 16.9. The summed E-state index contributed by atoms with van der Waals surface area (Å²) in [4.78, 5) is 19.2. The van der Waals surface area contributed by atoms with Crippen molar-refractivity contribution in [2.75, 3.05) is 13.1 Å². The van der Waals surface area contributed by atoms with Crippen LogP contribution in [-0.4, -0.2) is 39.6 Å². The number of ether oxygens (including phenoxy) is 1. The number of piperidine rings is 1. The summed E-state index contributed by atoms with van der Waals surface area (Å²) in [5, 5.41) is 1.68. The zero-order valence-electron chi connectivity index (χ0n) is 14.6. The van der Waals surface area contributed by atoms with E-state index in [1.54, 1.807) is 6.20 Å². The molecule has 4 rings (SSSR count). The van der Waals surface area contributed by atoms with E-state index >= 15 is 0 Å². The molecular weight excluding hydrogens is 350 g/mol. The molecule has 0 N–H and O–H groups in total. The Hall–Kier alpha value is -2.53. The minimum atomic E-state index is 0.0513. The van der Waals surface area contributed by atoms with Crippen molar-refractivity contribution < 1.29 is 9.53 Å². The van der Waals surface area contributed by atoms with E-state index in [0.29, 0.717) is 23.8 Å². The number of rotatable bonds is 3. The van der Waals surface area contributed by atoms with Crippen LogP contribution in [0.4, 0.5) is 0 Å². The van der Waals surface area contributed by atoms with E-state index in [4.69, 9.17) is 16.3 Å². The van der Waals surface area contributed by atoms with Gasteiger partial charge in [0, 0.05) is 49.6 Å². The highest BCUT2D eigenvalue weighted by Gasteiger charge is 2.26. The lowest BCUT2D eigenvalue weighted by Gasteiger charge is -2.32. The van der Waals surface area contributed by atoms with Gasteiger partial charge in [-0.1, -0.05) is 11.6 Å². The predicted octanol–water partition coefficient (Wildman–Crippen LogP) is 3.91. The van der Waals surface area contributed by atoms with Gasteiger partial charge in [-0.3, -0.25) is 4.79 Å². The number of likely N-dealkylation sites (tertiary alicyclic amines) is 1. The Morgan fingerprint density at radius 2 is 1.92 bits per heavy atom. The highest BCUT2D eigenvalue weighted by molar-refractivity contribution is 6.30. The minimum Gasteiger partial charge on any atom is -0.490 e. The number of benzene rings is 1. The molecule has 2 aromatic heterocycles. The second kappa shape index (κ2) is 7.00. The molecule has 134 valence electrons. The van der Waals surface area contributed by atoms with Gasteiger partial charge in [0.15, 0.2) is 0 Å². The average Bonchev–Trinajstić information content (AvgIpc) is 3.01. The first-order chi connectivity index (χ1) is 12.6. The molecule has 3 aromatic rings. The molecule has 1 aliphatic rings. The van der Waals surface area contributed by atoms with Gasteiger partial charge in [-0.2, -0.15) is 0 Å². The molecule has 3 heterocycles. The molecule has 1 fully saturated rings. The number of aromatic nitrogens is 2. The number of nitrogens with zero attached hydrogens (tertiary/aromatic N) is 3. The molecule has 5 nitrogen and oxygen atoms in total. The third-order valence-corrected chi connectivity index (χ3v) is 5.10. The molecule has 26 heavy (non-hydrogen) atoms. The number of pyridine rings is 1. The predicted molar refractivity (Wildman–Crippen MR) is 102 cm³/mol. The first-order valence-corrected chi connectivity index (χ1v) is 9.11. The van der Waals surface area contributed by atoms with E-state index in [0.717, 1.165) is 29.6 Å². The van der Waals surface area contributed by atoms with Crippen LogP contribution in [-0.2, 0) is 7.05 Å². The molecule has 0 spiro atoms. The lowest BCUT2D eigenvalue weighted by Crippen LogP contribution is -2.42. The van der Waals surface area contributed by atoms with Gasteiger partial charge in [0.2, 0.25) is 0 Å². The summed E-state index contributed by atoms with van der Waals surface area (Å²) in [7, 11) is 1.89. The van der Waals surface area contributed by atoms with Crippen LogP contribution in [0.5, 0.6) is 5.75 Å². The second-order valence-electron chi connectivity index (χ2n) is 6.57. The van der Waals surface area contributed by atoms with Crippen LogP contribution in [0.25, 0.3) is 11.0 Å². The largest absolute Gasteiger partial charge is 0.490 e. The van der Waals surface area contributed by atoms with E-state index in [-0.39, 0.29) is 12.0 Å². The molecule has 1 aliphatic heterocycles. The van der Waals surface area contributed by atoms with E-state index < -0.39 is 0 Å². The number of aryl methyl sites for hydroxylation is 1. The summed E-state index contributed by atoms with van der Waals surface area (Å²) >= 11 is 5.90. The molecule has 1 saturated heterocycles. The number of hydrogen-bond donors (Lipinski definition) is 0. The van der Waals surface area contributed by atoms with Gasteiger partial charge in [-0.15, -0.1) is 0 Å². The highest BCUT2D eigenvalue weighted by atomic mass is 35.5. The van der Waals surface area contributed by atoms with Crippen LogP contribution in [0.15, 0.2) is 48.7 Å². The number of carbonyl (C=O) groups excluding carboxylic acids is 1. The Labute approximate surface area is 157 Å². The molecule has 6 heteroatoms. The van der Waals surface area contributed by atoms with E-state index in [1.807, 2.05) is 59.0 Å². The van der Waals surface area contributed by atoms with Gasteiger partial charge in [0.25, 0.3) is 5.91 Å². The molecule has 1 aromatic carbocycles. The summed E-state index contributed by atoms with van der Waals surface area (Å²) < 4.78 is 7.87. The van der Waals surface area contributed by atoms with Crippen molar-refractivity contribution in [1.29, 1.82) is 0 Å². The maximum absolute atomic E-state index is 12.9. The smallest absolute Gasteiger partial charge is 0.270 e. The molecule has 0 aliphatic carbocycles. The van der Waals surface area contributed by atoms with E-state index in [9.17, 15) is 4.79 Å². The fraction of sp³-hybridized carbons (Fsp3) is 0.300. The van der Waals surface area contributed by atoms with Gasteiger partial charge < -0.3 is 14.2 Å². The van der Waals surface area contributed by atoms with Crippen molar-refractivity contribution in [3.8, 4) is 5.75 Å². The topological polar surface area (TPSA) is 47.4 Å². The number of fused-ring (bicyclic) bond motifs is 1. The molecule has 0 radical (unpaired) electrons. The first-order valence-electron chi connectivity index (χ1n) is 8.74. The average molecular weight is 370 g/mol. The van der Waals surface area contributed by atoms with Crippen LogP contribution < -0.4 is 4.74 Å². The van der Waals surface area contributed by atoms with Gasteiger partial charge in [-0.25, -0.2) is 4.98 Å². The van der Waals surface area contributed by atoms with Crippen molar-refractivity contribution in [1.82, 2.24) is 14.5 Å². The summed E-state index contributed by atoms with van der Waals surface area (Å²) in [5.74, 6) is 0.870. The van der Waals surface area contributed by atoms with Crippen molar-refractivity contribution >= 4 is 28.5 Å². The van der Waals surface area contributed by atoms with Crippen LogP contribution in [0.3, 0.4) is 0 Å². The minimum absolute atomic E-state index is 0.0513. The van der Waals surface area contributed by atoms with Gasteiger partial charge >= 0.3 is 0 Å². The highest BCUT2D eigenvalue weighted by Crippen LogP contribution is 2.23. The number of halogens is 1. The Morgan fingerprint density at radius 1 is 1.19 bits per heavy atom. The fourth-order valence-electron chi connectivity index (χ4n) is 3.41. The third-order valence-electron chi connectivity index (χ3n) is 4.85. The SMILES string of the molecule is Cn1c(C(=O)N2CCC(Oc3ccc(Cl)cc3)CC2)cc2cccnc21. The Kier molecular flexibility index (Phi) is 4.55. The molecule has 0 saturated carbocycles. The third kappa shape index (κ3) is 3.27. The maximum Gasteiger partial charge on any atom is 0.270 e. The lowest BCUT2D eigenvalue weighted by molar-refractivity contribution is 0.0587. The van der Waals surface area contributed by atoms with Crippen molar-refractivity contribution in [2.45, 2.75) is 18.9 Å². The molecule has 0 atom stereocenters. The normalized spacial score (nSPS) is 15.4. The maximum atomic E-state index is 12.9. The van der Waals surface area contributed by atoms with Crippen LogP contribution in [0, 0.1) is 0 Å². The van der Waals surface area contributed by atoms with Crippen LogP contribution in [0.2, 0.25) is 5.02 Å². The van der Waals surface area contributed by atoms with Gasteiger partial charge in [0.05, 0.1) is 0 Å². The molecule has 0 bridgehead atoms. The zero-order chi connectivity index (χ0) is 18.1.